The number of sulfonamides is 1. The standard InChI is InChI=1S/C35H44F2N4O5S/c36-26-11-9-24(10-12-26)32(25-15-19-46-20-16-25)33(38)34(43)40-31-8-4-7-30(37)29(31)14-13-27(21-39-22-35(23-42)17-18-35)41-47(44,45)28-5-2-1-3-6-28/h1-12,25,27,32-33,39,41-42H,13-23,38H2,(H,40,43)/t27-,32?,33-/m0/s1. The summed E-state index contributed by atoms with van der Waals surface area (Å²) in [6.07, 6.45) is 3.53. The fourth-order valence-corrected chi connectivity index (χ4v) is 7.62. The summed E-state index contributed by atoms with van der Waals surface area (Å²) in [7, 11) is -3.87. The Morgan fingerprint density at radius 2 is 1.70 bits per heavy atom. The highest BCUT2D eigenvalue weighted by atomic mass is 32.2. The van der Waals surface area contributed by atoms with Crippen LogP contribution < -0.4 is 21.1 Å². The second-order valence-electron chi connectivity index (χ2n) is 12.8. The summed E-state index contributed by atoms with van der Waals surface area (Å²) in [5, 5.41) is 15.8. The van der Waals surface area contributed by atoms with Crippen LogP contribution >= 0.6 is 0 Å². The molecule has 12 heteroatoms. The molecule has 1 amide bonds. The molecule has 0 bridgehead atoms. The van der Waals surface area contributed by atoms with E-state index in [2.05, 4.69) is 15.4 Å². The molecular weight excluding hydrogens is 626 g/mol. The molecule has 0 spiro atoms. The lowest BCUT2D eigenvalue weighted by Crippen LogP contribution is -2.45. The highest BCUT2D eigenvalue weighted by Gasteiger charge is 2.41. The number of halogens is 2. The predicted molar refractivity (Wildman–Crippen MR) is 176 cm³/mol. The van der Waals surface area contributed by atoms with Gasteiger partial charge in [-0.1, -0.05) is 36.4 Å². The number of hydrogen-bond acceptors (Lipinski definition) is 7. The van der Waals surface area contributed by atoms with Crippen LogP contribution in [0.3, 0.4) is 0 Å². The second kappa shape index (κ2) is 15.8. The molecule has 3 atom stereocenters. The Balaban J connectivity index is 1.32. The molecule has 5 rings (SSSR count). The summed E-state index contributed by atoms with van der Waals surface area (Å²) >= 11 is 0. The number of benzene rings is 3. The number of aliphatic hydroxyl groups excluding tert-OH is 1. The molecular formula is C35H44F2N4O5S. The highest BCUT2D eigenvalue weighted by molar-refractivity contribution is 7.89. The second-order valence-corrected chi connectivity index (χ2v) is 14.5. The van der Waals surface area contributed by atoms with Crippen molar-refractivity contribution in [3.63, 3.8) is 0 Å². The number of hydrogen-bond donors (Lipinski definition) is 5. The van der Waals surface area contributed by atoms with Crippen molar-refractivity contribution in [3.8, 4) is 0 Å². The lowest BCUT2D eigenvalue weighted by atomic mass is 9.76. The third-order valence-electron chi connectivity index (χ3n) is 9.40. The minimum absolute atomic E-state index is 0.0356. The number of carbonyl (C=O) groups excluding carboxylic acids is 1. The molecule has 2 fully saturated rings. The summed E-state index contributed by atoms with van der Waals surface area (Å²) in [6, 6.07) is 16.8. The van der Waals surface area contributed by atoms with Gasteiger partial charge in [0.15, 0.2) is 0 Å². The van der Waals surface area contributed by atoms with Gasteiger partial charge in [0.2, 0.25) is 15.9 Å². The average molecular weight is 671 g/mol. The van der Waals surface area contributed by atoms with Crippen LogP contribution in [-0.4, -0.2) is 64.4 Å². The predicted octanol–water partition coefficient (Wildman–Crippen LogP) is 4.08. The van der Waals surface area contributed by atoms with Crippen LogP contribution in [0.1, 0.15) is 49.1 Å². The first-order chi connectivity index (χ1) is 22.6. The molecule has 1 heterocycles. The first kappa shape index (κ1) is 35.1. The minimum Gasteiger partial charge on any atom is -0.396 e. The molecule has 1 saturated carbocycles. The lowest BCUT2D eigenvalue weighted by molar-refractivity contribution is -0.118. The summed E-state index contributed by atoms with van der Waals surface area (Å²) in [6.45, 7) is 1.93. The Bertz CT molecular complexity index is 1580. The van der Waals surface area contributed by atoms with Gasteiger partial charge in [-0.2, -0.15) is 0 Å². The van der Waals surface area contributed by atoms with Gasteiger partial charge in [-0.05, 0) is 86.4 Å². The molecule has 3 aromatic rings. The molecule has 0 radical (unpaired) electrons. The van der Waals surface area contributed by atoms with E-state index < -0.39 is 39.7 Å². The summed E-state index contributed by atoms with van der Waals surface area (Å²) in [5.74, 6) is -1.80. The van der Waals surface area contributed by atoms with Gasteiger partial charge >= 0.3 is 0 Å². The van der Waals surface area contributed by atoms with Crippen LogP contribution in [0.4, 0.5) is 14.5 Å². The number of nitrogens with two attached hydrogens (primary N) is 1. The van der Waals surface area contributed by atoms with Crippen molar-refractivity contribution in [2.45, 2.75) is 61.4 Å². The van der Waals surface area contributed by atoms with Gasteiger partial charge in [0.1, 0.15) is 11.6 Å². The van der Waals surface area contributed by atoms with Gasteiger partial charge in [-0.15, -0.1) is 0 Å². The maximum atomic E-state index is 15.4. The number of aliphatic hydroxyl groups is 1. The number of amides is 1. The van der Waals surface area contributed by atoms with Crippen molar-refractivity contribution in [2.24, 2.45) is 17.1 Å². The van der Waals surface area contributed by atoms with Crippen LogP contribution in [0.15, 0.2) is 77.7 Å². The summed E-state index contributed by atoms with van der Waals surface area (Å²) in [5.41, 5.74) is 7.66. The van der Waals surface area contributed by atoms with Crippen LogP contribution in [0.5, 0.6) is 0 Å². The fourth-order valence-electron chi connectivity index (χ4n) is 6.33. The van der Waals surface area contributed by atoms with Crippen LogP contribution in [-0.2, 0) is 26.0 Å². The van der Waals surface area contributed by atoms with Crippen LogP contribution in [0.25, 0.3) is 0 Å². The van der Waals surface area contributed by atoms with Crippen molar-refractivity contribution in [1.29, 1.82) is 0 Å². The maximum Gasteiger partial charge on any atom is 0.241 e. The molecule has 9 nitrogen and oxygen atoms in total. The Hall–Kier alpha value is -3.26. The van der Waals surface area contributed by atoms with Crippen molar-refractivity contribution in [3.05, 3.63) is 95.6 Å². The molecule has 1 saturated heterocycles. The van der Waals surface area contributed by atoms with Gasteiger partial charge < -0.3 is 26.2 Å². The van der Waals surface area contributed by atoms with Gasteiger partial charge in [0.25, 0.3) is 0 Å². The number of anilines is 1. The number of rotatable bonds is 16. The van der Waals surface area contributed by atoms with E-state index in [1.54, 1.807) is 36.4 Å². The van der Waals surface area contributed by atoms with E-state index in [4.69, 9.17) is 10.5 Å². The Labute approximate surface area is 275 Å². The SMILES string of the molecule is N[C@H](C(=O)Nc1cccc(F)c1CC[C@@H](CNCC1(CO)CC1)NS(=O)(=O)c1ccccc1)C(c1ccc(F)cc1)C1CCOCC1. The zero-order valence-corrected chi connectivity index (χ0v) is 27.2. The Kier molecular flexibility index (Phi) is 11.8. The van der Waals surface area contributed by atoms with Gasteiger partial charge in [-0.25, -0.2) is 21.9 Å². The van der Waals surface area contributed by atoms with Crippen LogP contribution in [0.2, 0.25) is 0 Å². The van der Waals surface area contributed by atoms with Gasteiger partial charge in [0.05, 0.1) is 10.9 Å². The largest absolute Gasteiger partial charge is 0.396 e. The molecule has 1 aliphatic carbocycles. The maximum absolute atomic E-state index is 15.4. The smallest absolute Gasteiger partial charge is 0.241 e. The number of carbonyl (C=O) groups is 1. The quantitative estimate of drug-likeness (QED) is 0.155. The first-order valence-corrected chi connectivity index (χ1v) is 17.7. The third kappa shape index (κ3) is 9.21. The molecule has 1 unspecified atom stereocenters. The molecule has 3 aromatic carbocycles. The van der Waals surface area contributed by atoms with Gasteiger partial charge in [-0.3, -0.25) is 4.79 Å². The van der Waals surface area contributed by atoms with E-state index in [9.17, 15) is 22.7 Å². The lowest BCUT2D eigenvalue weighted by Gasteiger charge is -2.34. The van der Waals surface area contributed by atoms with Crippen LogP contribution in [0, 0.1) is 23.0 Å². The fraction of sp³-hybridized carbons (Fsp3) is 0.457. The Morgan fingerprint density at radius 3 is 2.36 bits per heavy atom. The normalized spacial score (nSPS) is 18.3. The molecule has 254 valence electrons. The monoisotopic (exact) mass is 670 g/mol. The molecule has 47 heavy (non-hydrogen) atoms. The van der Waals surface area contributed by atoms with E-state index in [0.29, 0.717) is 32.6 Å². The van der Waals surface area contributed by atoms with Crippen molar-refractivity contribution in [1.82, 2.24) is 10.0 Å². The van der Waals surface area contributed by atoms with E-state index in [-0.39, 0.29) is 59.3 Å². The third-order valence-corrected chi connectivity index (χ3v) is 10.9. The minimum atomic E-state index is -3.87. The molecule has 6 N–H and O–H groups in total. The van der Waals surface area contributed by atoms with E-state index >= 15 is 4.39 Å². The topological polar surface area (TPSA) is 143 Å². The first-order valence-electron chi connectivity index (χ1n) is 16.2. The number of ether oxygens (including phenoxy) is 1. The summed E-state index contributed by atoms with van der Waals surface area (Å²) < 4.78 is 63.8. The van der Waals surface area contributed by atoms with E-state index in [1.165, 1.54) is 36.4 Å². The van der Waals surface area contributed by atoms with E-state index in [1.807, 2.05) is 0 Å². The van der Waals surface area contributed by atoms with Crippen molar-refractivity contribution in [2.75, 3.05) is 38.2 Å². The Morgan fingerprint density at radius 1 is 1.00 bits per heavy atom. The van der Waals surface area contributed by atoms with Crippen molar-refractivity contribution < 1.29 is 31.8 Å². The number of nitrogens with one attached hydrogen (secondary N) is 3. The molecule has 1 aliphatic heterocycles. The molecule has 0 aromatic heterocycles. The summed E-state index contributed by atoms with van der Waals surface area (Å²) in [4.78, 5) is 13.8. The highest BCUT2D eigenvalue weighted by Crippen LogP contribution is 2.44. The van der Waals surface area contributed by atoms with Crippen molar-refractivity contribution >= 4 is 21.6 Å². The van der Waals surface area contributed by atoms with Gasteiger partial charge in [0, 0.05) is 61.5 Å². The molecule has 2 aliphatic rings. The zero-order valence-electron chi connectivity index (χ0n) is 26.3. The zero-order chi connectivity index (χ0) is 33.4. The van der Waals surface area contributed by atoms with E-state index in [0.717, 1.165) is 18.4 Å². The average Bonchev–Trinajstić information content (AvgIpc) is 3.86.